The molecule has 2 aromatic rings. The molecule has 4 heteroatoms. The van der Waals surface area contributed by atoms with Crippen molar-refractivity contribution in [3.05, 3.63) is 48.5 Å². The van der Waals surface area contributed by atoms with Gasteiger partial charge in [-0.25, -0.2) is 4.79 Å². The largest absolute Gasteiger partial charge is 0.378 e. The summed E-state index contributed by atoms with van der Waals surface area (Å²) in [6.45, 7) is 0. The minimum atomic E-state index is -0.130. The van der Waals surface area contributed by atoms with Gasteiger partial charge in [0.15, 0.2) is 0 Å². The number of carbonyl (C=O) groups excluding carboxylic acids is 1. The molecule has 2 rings (SSSR count). The summed E-state index contributed by atoms with van der Waals surface area (Å²) in [5.41, 5.74) is 4.15. The second-order valence-corrected chi connectivity index (χ2v) is 5.35. The summed E-state index contributed by atoms with van der Waals surface area (Å²) in [4.78, 5) is 15.3. The highest BCUT2D eigenvalue weighted by Crippen LogP contribution is 2.26. The third-order valence-electron chi connectivity index (χ3n) is 3.22. The van der Waals surface area contributed by atoms with Crippen LogP contribution in [0, 0.1) is 0 Å². The van der Waals surface area contributed by atoms with Gasteiger partial charge in [0.25, 0.3) is 0 Å². The molecule has 0 bridgehead atoms. The molecule has 0 aliphatic carbocycles. The van der Waals surface area contributed by atoms with Crippen LogP contribution in [0.5, 0.6) is 0 Å². The molecule has 0 spiro atoms. The van der Waals surface area contributed by atoms with E-state index in [0.717, 1.165) is 22.5 Å². The summed E-state index contributed by atoms with van der Waals surface area (Å²) >= 11 is 0. The van der Waals surface area contributed by atoms with E-state index in [9.17, 15) is 4.79 Å². The smallest absolute Gasteiger partial charge is 0.321 e. The average Bonchev–Trinajstić information content (AvgIpc) is 2.47. The molecule has 21 heavy (non-hydrogen) atoms. The molecule has 0 radical (unpaired) electrons. The maximum absolute atomic E-state index is 11.7. The van der Waals surface area contributed by atoms with Crippen molar-refractivity contribution in [2.45, 2.75) is 0 Å². The van der Waals surface area contributed by atoms with Crippen LogP contribution in [-0.4, -0.2) is 39.1 Å². The van der Waals surface area contributed by atoms with Gasteiger partial charge in [0.05, 0.1) is 0 Å². The predicted molar refractivity (Wildman–Crippen MR) is 88.9 cm³/mol. The van der Waals surface area contributed by atoms with Gasteiger partial charge >= 0.3 is 6.03 Å². The molecule has 0 saturated heterocycles. The van der Waals surface area contributed by atoms with E-state index < -0.39 is 0 Å². The maximum Gasteiger partial charge on any atom is 0.321 e. The number of anilines is 2. The van der Waals surface area contributed by atoms with Crippen LogP contribution in [0.3, 0.4) is 0 Å². The number of benzene rings is 2. The molecule has 2 amide bonds. The number of urea groups is 1. The van der Waals surface area contributed by atoms with Crippen molar-refractivity contribution in [2.24, 2.45) is 0 Å². The Balaban J connectivity index is 2.29. The van der Waals surface area contributed by atoms with Crippen LogP contribution in [0.4, 0.5) is 16.2 Å². The number of hydrogen-bond acceptors (Lipinski definition) is 2. The highest BCUT2D eigenvalue weighted by atomic mass is 16.2. The van der Waals surface area contributed by atoms with Gasteiger partial charge in [-0.15, -0.1) is 0 Å². The second kappa shape index (κ2) is 6.31. The molecule has 0 aliphatic heterocycles. The zero-order chi connectivity index (χ0) is 15.4. The molecule has 110 valence electrons. The molecule has 0 unspecified atom stereocenters. The number of hydrogen-bond donors (Lipinski definition) is 1. The molecule has 2 aromatic carbocycles. The summed E-state index contributed by atoms with van der Waals surface area (Å²) < 4.78 is 0. The first-order valence-corrected chi connectivity index (χ1v) is 6.83. The summed E-state index contributed by atoms with van der Waals surface area (Å²) in [6.07, 6.45) is 0. The third-order valence-corrected chi connectivity index (χ3v) is 3.22. The predicted octanol–water partition coefficient (Wildman–Crippen LogP) is 3.51. The third kappa shape index (κ3) is 3.75. The van der Waals surface area contributed by atoms with E-state index in [4.69, 9.17) is 0 Å². The van der Waals surface area contributed by atoms with Crippen molar-refractivity contribution < 1.29 is 4.79 Å². The Labute approximate surface area is 126 Å². The summed E-state index contributed by atoms with van der Waals surface area (Å²) in [5, 5.41) is 2.87. The molecule has 0 aliphatic rings. The van der Waals surface area contributed by atoms with Crippen LogP contribution < -0.4 is 10.2 Å². The number of rotatable bonds is 3. The zero-order valence-electron chi connectivity index (χ0n) is 12.9. The highest BCUT2D eigenvalue weighted by molar-refractivity contribution is 5.89. The van der Waals surface area contributed by atoms with Gasteiger partial charge in [-0.3, -0.25) is 0 Å². The lowest BCUT2D eigenvalue weighted by molar-refractivity contribution is 0.230. The minimum absolute atomic E-state index is 0.130. The molecule has 0 heterocycles. The highest BCUT2D eigenvalue weighted by Gasteiger charge is 2.06. The molecule has 1 N–H and O–H groups in total. The Kier molecular flexibility index (Phi) is 4.48. The van der Waals surface area contributed by atoms with E-state index in [1.54, 1.807) is 14.1 Å². The van der Waals surface area contributed by atoms with Gasteiger partial charge in [0.2, 0.25) is 0 Å². The number of nitrogens with one attached hydrogen (secondary N) is 1. The van der Waals surface area contributed by atoms with E-state index in [0.29, 0.717) is 0 Å². The van der Waals surface area contributed by atoms with Crippen molar-refractivity contribution in [1.82, 2.24) is 4.90 Å². The number of amides is 2. The number of nitrogens with zero attached hydrogens (tertiary/aromatic N) is 2. The van der Waals surface area contributed by atoms with Crippen LogP contribution in [0.2, 0.25) is 0 Å². The van der Waals surface area contributed by atoms with Gasteiger partial charge in [0.1, 0.15) is 0 Å². The molecule has 0 saturated carbocycles. The molecular formula is C17H21N3O. The zero-order valence-corrected chi connectivity index (χ0v) is 12.9. The van der Waals surface area contributed by atoms with Crippen LogP contribution in [0.1, 0.15) is 0 Å². The first-order valence-electron chi connectivity index (χ1n) is 6.83. The van der Waals surface area contributed by atoms with Gasteiger partial charge in [0, 0.05) is 39.6 Å². The molecule has 0 atom stereocenters. The summed E-state index contributed by atoms with van der Waals surface area (Å²) in [6, 6.07) is 16.0. The van der Waals surface area contributed by atoms with E-state index in [1.165, 1.54) is 4.90 Å². The lowest BCUT2D eigenvalue weighted by Crippen LogP contribution is -2.27. The van der Waals surface area contributed by atoms with Crippen molar-refractivity contribution in [3.63, 3.8) is 0 Å². The number of carbonyl (C=O) groups is 1. The van der Waals surface area contributed by atoms with Gasteiger partial charge < -0.3 is 15.1 Å². The van der Waals surface area contributed by atoms with Crippen LogP contribution >= 0.6 is 0 Å². The minimum Gasteiger partial charge on any atom is -0.378 e. The normalized spacial score (nSPS) is 10.1. The van der Waals surface area contributed by atoms with E-state index in [1.807, 2.05) is 44.4 Å². The Morgan fingerprint density at radius 3 is 2.14 bits per heavy atom. The Bertz CT molecular complexity index is 635. The first-order chi connectivity index (χ1) is 9.97. The van der Waals surface area contributed by atoms with Gasteiger partial charge in [-0.05, 0) is 35.4 Å². The molecular weight excluding hydrogens is 262 g/mol. The molecule has 0 fully saturated rings. The van der Waals surface area contributed by atoms with Crippen LogP contribution in [0.15, 0.2) is 48.5 Å². The molecule has 4 nitrogen and oxygen atoms in total. The van der Waals surface area contributed by atoms with E-state index >= 15 is 0 Å². The maximum atomic E-state index is 11.7. The van der Waals surface area contributed by atoms with Crippen molar-refractivity contribution in [2.75, 3.05) is 38.4 Å². The standard InChI is InChI=1S/C17H21N3O/c1-19(2)16-10-6-8-14(12-16)13-7-5-9-15(11-13)18-17(21)20(3)4/h5-12H,1-4H3,(H,18,21). The first kappa shape index (κ1) is 14.9. The monoisotopic (exact) mass is 283 g/mol. The van der Waals surface area contributed by atoms with Gasteiger partial charge in [-0.2, -0.15) is 0 Å². The Morgan fingerprint density at radius 2 is 1.52 bits per heavy atom. The topological polar surface area (TPSA) is 35.6 Å². The lowest BCUT2D eigenvalue weighted by atomic mass is 10.0. The van der Waals surface area contributed by atoms with Gasteiger partial charge in [-0.1, -0.05) is 24.3 Å². The fourth-order valence-electron chi connectivity index (χ4n) is 1.98. The molecule has 0 aromatic heterocycles. The quantitative estimate of drug-likeness (QED) is 0.935. The average molecular weight is 283 g/mol. The fraction of sp³-hybridized carbons (Fsp3) is 0.235. The lowest BCUT2D eigenvalue weighted by Gasteiger charge is -2.15. The summed E-state index contributed by atoms with van der Waals surface area (Å²) in [7, 11) is 7.49. The Morgan fingerprint density at radius 1 is 0.905 bits per heavy atom. The summed E-state index contributed by atoms with van der Waals surface area (Å²) in [5.74, 6) is 0. The second-order valence-electron chi connectivity index (χ2n) is 5.35. The van der Waals surface area contributed by atoms with Crippen LogP contribution in [-0.2, 0) is 0 Å². The Hall–Kier alpha value is -2.49. The van der Waals surface area contributed by atoms with E-state index in [-0.39, 0.29) is 6.03 Å². The van der Waals surface area contributed by atoms with Crippen molar-refractivity contribution in [3.8, 4) is 11.1 Å². The van der Waals surface area contributed by atoms with Crippen molar-refractivity contribution >= 4 is 17.4 Å². The SMILES string of the molecule is CN(C)C(=O)Nc1cccc(-c2cccc(N(C)C)c2)c1. The van der Waals surface area contributed by atoms with E-state index in [2.05, 4.69) is 28.4 Å². The van der Waals surface area contributed by atoms with Crippen LogP contribution in [0.25, 0.3) is 11.1 Å². The fourth-order valence-corrected chi connectivity index (χ4v) is 1.98. The van der Waals surface area contributed by atoms with Crippen molar-refractivity contribution in [1.29, 1.82) is 0 Å².